The van der Waals surface area contributed by atoms with Gasteiger partial charge in [0, 0.05) is 44.6 Å². The van der Waals surface area contributed by atoms with E-state index in [1.807, 2.05) is 24.1 Å². The van der Waals surface area contributed by atoms with E-state index in [-0.39, 0.29) is 30.3 Å². The Morgan fingerprint density at radius 2 is 1.96 bits per heavy atom. The Morgan fingerprint density at radius 3 is 2.48 bits per heavy atom. The predicted octanol–water partition coefficient (Wildman–Crippen LogP) is 2.08. The number of carbonyl (C=O) groups is 1. The molecule has 0 radical (unpaired) electrons. The molecule has 1 aromatic rings. The second kappa shape index (κ2) is 9.21. The van der Waals surface area contributed by atoms with E-state index in [2.05, 4.69) is 29.8 Å². The third kappa shape index (κ3) is 4.90. The normalized spacial score (nSPS) is 19.6. The van der Waals surface area contributed by atoms with Gasteiger partial charge in [0.25, 0.3) is 0 Å². The van der Waals surface area contributed by atoms with Crippen molar-refractivity contribution in [3.8, 4) is 0 Å². The van der Waals surface area contributed by atoms with Gasteiger partial charge in [-0.05, 0) is 24.5 Å². The Morgan fingerprint density at radius 1 is 1.30 bits per heavy atom. The second-order valence-electron chi connectivity index (χ2n) is 6.23. The molecule has 3 atom stereocenters. The number of amides is 1. The van der Waals surface area contributed by atoms with E-state index in [0.29, 0.717) is 6.04 Å². The van der Waals surface area contributed by atoms with Crippen LogP contribution in [-0.4, -0.2) is 52.9 Å². The number of rotatable bonds is 5. The Balaban J connectivity index is 0.00000264. The first-order valence-electron chi connectivity index (χ1n) is 8.23. The van der Waals surface area contributed by atoms with E-state index >= 15 is 0 Å². The molecular weight excluding hydrogens is 312 g/mol. The number of halogens is 1. The van der Waals surface area contributed by atoms with Crippen molar-refractivity contribution in [2.75, 3.05) is 26.2 Å². The van der Waals surface area contributed by atoms with Crippen LogP contribution in [0.4, 0.5) is 0 Å². The summed E-state index contributed by atoms with van der Waals surface area (Å²) in [6.45, 7) is 9.60. The van der Waals surface area contributed by atoms with Gasteiger partial charge in [0.2, 0.25) is 5.91 Å². The highest BCUT2D eigenvalue weighted by molar-refractivity contribution is 5.85. The van der Waals surface area contributed by atoms with E-state index in [1.54, 1.807) is 6.20 Å². The third-order valence-electron chi connectivity index (χ3n) is 4.88. The van der Waals surface area contributed by atoms with Gasteiger partial charge in [-0.25, -0.2) is 0 Å². The fourth-order valence-electron chi connectivity index (χ4n) is 2.87. The van der Waals surface area contributed by atoms with E-state index in [0.717, 1.165) is 32.6 Å². The fraction of sp³-hybridized carbons (Fsp3) is 0.647. The molecule has 2 rings (SSSR count). The molecule has 23 heavy (non-hydrogen) atoms. The third-order valence-corrected chi connectivity index (χ3v) is 4.88. The maximum absolute atomic E-state index is 12.4. The molecular formula is C17H29ClN4O. The second-order valence-corrected chi connectivity index (χ2v) is 6.23. The molecule has 1 saturated heterocycles. The van der Waals surface area contributed by atoms with E-state index in [9.17, 15) is 4.79 Å². The number of aromatic nitrogens is 1. The van der Waals surface area contributed by atoms with Crippen molar-refractivity contribution in [2.45, 2.75) is 39.3 Å². The van der Waals surface area contributed by atoms with Crippen LogP contribution in [0.1, 0.15) is 38.8 Å². The number of hydrogen-bond donors (Lipinski definition) is 1. The molecule has 1 aliphatic rings. The molecule has 130 valence electrons. The SMILES string of the molecule is CCC(C)C(N)C(=O)N1CCN(C(C)c2cccnc2)CC1.Cl. The zero-order valence-electron chi connectivity index (χ0n) is 14.3. The van der Waals surface area contributed by atoms with Crippen LogP contribution in [0.5, 0.6) is 0 Å². The van der Waals surface area contributed by atoms with Crippen LogP contribution in [0.25, 0.3) is 0 Å². The predicted molar refractivity (Wildman–Crippen MR) is 95.5 cm³/mol. The van der Waals surface area contributed by atoms with Gasteiger partial charge >= 0.3 is 0 Å². The molecule has 0 saturated carbocycles. The lowest BCUT2D eigenvalue weighted by atomic mass is 9.98. The van der Waals surface area contributed by atoms with Gasteiger partial charge in [0.1, 0.15) is 0 Å². The van der Waals surface area contributed by atoms with Gasteiger partial charge in [0.05, 0.1) is 6.04 Å². The highest BCUT2D eigenvalue weighted by Gasteiger charge is 2.29. The highest BCUT2D eigenvalue weighted by Crippen LogP contribution is 2.21. The molecule has 1 fully saturated rings. The van der Waals surface area contributed by atoms with E-state index in [1.165, 1.54) is 5.56 Å². The van der Waals surface area contributed by atoms with Crippen molar-refractivity contribution in [2.24, 2.45) is 11.7 Å². The molecule has 0 aliphatic carbocycles. The summed E-state index contributed by atoms with van der Waals surface area (Å²) in [5, 5.41) is 0. The number of nitrogens with zero attached hydrogens (tertiary/aromatic N) is 3. The maximum Gasteiger partial charge on any atom is 0.239 e. The molecule has 0 bridgehead atoms. The molecule has 0 aromatic carbocycles. The molecule has 0 spiro atoms. The summed E-state index contributed by atoms with van der Waals surface area (Å²) in [6.07, 6.45) is 4.65. The first-order valence-corrected chi connectivity index (χ1v) is 8.23. The first-order chi connectivity index (χ1) is 10.5. The Bertz CT molecular complexity index is 477. The average molecular weight is 341 g/mol. The van der Waals surface area contributed by atoms with Gasteiger partial charge < -0.3 is 10.6 Å². The van der Waals surface area contributed by atoms with Crippen LogP contribution in [0.15, 0.2) is 24.5 Å². The van der Waals surface area contributed by atoms with Gasteiger partial charge in [0.15, 0.2) is 0 Å². The molecule has 6 heteroatoms. The fourth-order valence-corrected chi connectivity index (χ4v) is 2.87. The summed E-state index contributed by atoms with van der Waals surface area (Å²) < 4.78 is 0. The molecule has 2 heterocycles. The summed E-state index contributed by atoms with van der Waals surface area (Å²) >= 11 is 0. The van der Waals surface area contributed by atoms with Gasteiger partial charge in [-0.15, -0.1) is 12.4 Å². The zero-order chi connectivity index (χ0) is 16.1. The minimum Gasteiger partial charge on any atom is -0.339 e. The minimum absolute atomic E-state index is 0. The summed E-state index contributed by atoms with van der Waals surface area (Å²) in [5.41, 5.74) is 7.30. The monoisotopic (exact) mass is 340 g/mol. The van der Waals surface area contributed by atoms with Crippen LogP contribution >= 0.6 is 12.4 Å². The topological polar surface area (TPSA) is 62.5 Å². The van der Waals surface area contributed by atoms with Gasteiger partial charge in [-0.3, -0.25) is 14.7 Å². The number of piperazine rings is 1. The lowest BCUT2D eigenvalue weighted by Crippen LogP contribution is -2.54. The highest BCUT2D eigenvalue weighted by atomic mass is 35.5. The quantitative estimate of drug-likeness (QED) is 0.891. The Kier molecular flexibility index (Phi) is 7.95. The molecule has 3 unspecified atom stereocenters. The van der Waals surface area contributed by atoms with Crippen molar-refractivity contribution >= 4 is 18.3 Å². The Labute approximate surface area is 145 Å². The van der Waals surface area contributed by atoms with Gasteiger partial charge in [-0.2, -0.15) is 0 Å². The van der Waals surface area contributed by atoms with Crippen LogP contribution in [0.3, 0.4) is 0 Å². The molecule has 1 amide bonds. The molecule has 5 nitrogen and oxygen atoms in total. The lowest BCUT2D eigenvalue weighted by Gasteiger charge is -2.39. The van der Waals surface area contributed by atoms with Crippen molar-refractivity contribution in [3.05, 3.63) is 30.1 Å². The minimum atomic E-state index is -0.368. The smallest absolute Gasteiger partial charge is 0.239 e. The summed E-state index contributed by atoms with van der Waals surface area (Å²) in [4.78, 5) is 20.9. The van der Waals surface area contributed by atoms with Crippen molar-refractivity contribution in [3.63, 3.8) is 0 Å². The summed E-state index contributed by atoms with van der Waals surface area (Å²) in [7, 11) is 0. The van der Waals surface area contributed by atoms with Crippen LogP contribution in [0, 0.1) is 5.92 Å². The van der Waals surface area contributed by atoms with Crippen LogP contribution in [0.2, 0.25) is 0 Å². The number of pyridine rings is 1. The zero-order valence-corrected chi connectivity index (χ0v) is 15.1. The van der Waals surface area contributed by atoms with Crippen molar-refractivity contribution < 1.29 is 4.79 Å². The van der Waals surface area contributed by atoms with Crippen molar-refractivity contribution in [1.29, 1.82) is 0 Å². The summed E-state index contributed by atoms with van der Waals surface area (Å²) in [6, 6.07) is 4.03. The van der Waals surface area contributed by atoms with Gasteiger partial charge in [-0.1, -0.05) is 26.3 Å². The summed E-state index contributed by atoms with van der Waals surface area (Å²) in [5.74, 6) is 0.336. The van der Waals surface area contributed by atoms with E-state index in [4.69, 9.17) is 5.73 Å². The van der Waals surface area contributed by atoms with Crippen LogP contribution in [-0.2, 0) is 4.79 Å². The first kappa shape index (κ1) is 19.9. The number of nitrogens with two attached hydrogens (primary N) is 1. The largest absolute Gasteiger partial charge is 0.339 e. The van der Waals surface area contributed by atoms with E-state index < -0.39 is 0 Å². The number of hydrogen-bond acceptors (Lipinski definition) is 4. The Hall–Kier alpha value is -1.17. The average Bonchev–Trinajstić information content (AvgIpc) is 2.60. The lowest BCUT2D eigenvalue weighted by molar-refractivity contribution is -0.135. The molecule has 1 aliphatic heterocycles. The van der Waals surface area contributed by atoms with Crippen LogP contribution < -0.4 is 5.73 Å². The molecule has 1 aromatic heterocycles. The standard InChI is InChI=1S/C17H28N4O.ClH/c1-4-13(2)16(18)17(22)21-10-8-20(9-11-21)14(3)15-6-5-7-19-12-15;/h5-7,12-14,16H,4,8-11,18H2,1-3H3;1H. The molecule has 2 N–H and O–H groups in total. The number of carbonyl (C=O) groups excluding carboxylic acids is 1. The maximum atomic E-state index is 12.4. The van der Waals surface area contributed by atoms with Crippen molar-refractivity contribution in [1.82, 2.24) is 14.8 Å².